The molecule has 164 valence electrons. The molecule has 0 radical (unpaired) electrons. The Balaban J connectivity index is 0.00000320. The molecule has 2 unspecified atom stereocenters. The molecule has 1 fully saturated rings. The van der Waals surface area contributed by atoms with Crippen molar-refractivity contribution in [3.05, 3.63) is 59.3 Å². The van der Waals surface area contributed by atoms with Crippen molar-refractivity contribution < 1.29 is 9.47 Å². The summed E-state index contributed by atoms with van der Waals surface area (Å²) in [6.45, 7) is 7.13. The van der Waals surface area contributed by atoms with Gasteiger partial charge in [0.1, 0.15) is 0 Å². The van der Waals surface area contributed by atoms with Crippen LogP contribution in [0, 0.1) is 12.8 Å². The Morgan fingerprint density at radius 1 is 1.23 bits per heavy atom. The van der Waals surface area contributed by atoms with E-state index in [4.69, 9.17) is 14.5 Å². The normalized spacial score (nSPS) is 19.0. The SMILES string of the molecule is CCNC(=NCc1cccnc1OC)NCC1CCCOC1c1ccc(C)cc1.I. The number of aromatic nitrogens is 1. The Morgan fingerprint density at radius 3 is 2.77 bits per heavy atom. The highest BCUT2D eigenvalue weighted by atomic mass is 127. The van der Waals surface area contributed by atoms with Crippen LogP contribution in [0.2, 0.25) is 0 Å². The number of pyridine rings is 1. The highest BCUT2D eigenvalue weighted by molar-refractivity contribution is 14.0. The third-order valence-corrected chi connectivity index (χ3v) is 5.18. The number of guanidine groups is 1. The maximum atomic E-state index is 6.14. The summed E-state index contributed by atoms with van der Waals surface area (Å²) in [5, 5.41) is 6.84. The van der Waals surface area contributed by atoms with E-state index in [2.05, 4.69) is 53.7 Å². The summed E-state index contributed by atoms with van der Waals surface area (Å²) in [5.41, 5.74) is 3.49. The molecule has 0 aliphatic carbocycles. The highest BCUT2D eigenvalue weighted by Crippen LogP contribution is 2.33. The van der Waals surface area contributed by atoms with Crippen LogP contribution in [0.5, 0.6) is 5.88 Å². The third kappa shape index (κ3) is 6.84. The Kier molecular flexibility index (Phi) is 10.4. The summed E-state index contributed by atoms with van der Waals surface area (Å²) in [6.07, 6.45) is 4.08. The molecular weight excluding hydrogens is 491 g/mol. The summed E-state index contributed by atoms with van der Waals surface area (Å²) in [6, 6.07) is 12.6. The minimum absolute atomic E-state index is 0. The van der Waals surface area contributed by atoms with Gasteiger partial charge >= 0.3 is 0 Å². The summed E-state index contributed by atoms with van der Waals surface area (Å²) < 4.78 is 11.5. The lowest BCUT2D eigenvalue weighted by Crippen LogP contribution is -2.42. The standard InChI is InChI=1S/C23H32N4O2.HI/c1-4-24-23(27-16-20-7-5-13-25-22(20)28-3)26-15-19-8-6-14-29-21(19)18-11-9-17(2)10-12-18;/h5,7,9-13,19,21H,4,6,8,14-16H2,1-3H3,(H2,24,26,27);1H. The van der Waals surface area contributed by atoms with E-state index < -0.39 is 0 Å². The minimum Gasteiger partial charge on any atom is -0.481 e. The molecule has 0 amide bonds. The van der Waals surface area contributed by atoms with Gasteiger partial charge < -0.3 is 20.1 Å². The fraction of sp³-hybridized carbons (Fsp3) is 0.478. The van der Waals surface area contributed by atoms with Crippen molar-refractivity contribution in [1.82, 2.24) is 15.6 Å². The number of nitrogens with zero attached hydrogens (tertiary/aromatic N) is 2. The lowest BCUT2D eigenvalue weighted by atomic mass is 9.89. The quantitative estimate of drug-likeness (QED) is 0.322. The van der Waals surface area contributed by atoms with Crippen LogP contribution in [0.25, 0.3) is 0 Å². The summed E-state index contributed by atoms with van der Waals surface area (Å²) in [7, 11) is 1.63. The van der Waals surface area contributed by atoms with Gasteiger partial charge in [-0.15, -0.1) is 24.0 Å². The molecule has 1 saturated heterocycles. The number of aliphatic imine (C=N–C) groups is 1. The van der Waals surface area contributed by atoms with E-state index in [1.807, 2.05) is 12.1 Å². The Bertz CT molecular complexity index is 798. The molecule has 7 heteroatoms. The van der Waals surface area contributed by atoms with Gasteiger partial charge in [0, 0.05) is 37.4 Å². The molecule has 2 aromatic rings. The fourth-order valence-electron chi connectivity index (χ4n) is 3.64. The average molecular weight is 524 g/mol. The number of benzene rings is 1. The number of ether oxygens (including phenoxy) is 2. The van der Waals surface area contributed by atoms with Crippen molar-refractivity contribution in [2.75, 3.05) is 26.8 Å². The maximum Gasteiger partial charge on any atom is 0.218 e. The summed E-state index contributed by atoms with van der Waals surface area (Å²) in [4.78, 5) is 8.96. The van der Waals surface area contributed by atoms with Crippen molar-refractivity contribution in [1.29, 1.82) is 0 Å². The largest absolute Gasteiger partial charge is 0.481 e. The van der Waals surface area contributed by atoms with E-state index in [0.29, 0.717) is 18.3 Å². The lowest BCUT2D eigenvalue weighted by molar-refractivity contribution is -0.0265. The average Bonchev–Trinajstić information content (AvgIpc) is 2.76. The zero-order chi connectivity index (χ0) is 20.5. The van der Waals surface area contributed by atoms with E-state index in [1.54, 1.807) is 13.3 Å². The smallest absolute Gasteiger partial charge is 0.218 e. The van der Waals surface area contributed by atoms with E-state index in [9.17, 15) is 0 Å². The minimum atomic E-state index is 0. The van der Waals surface area contributed by atoms with Crippen LogP contribution in [-0.4, -0.2) is 37.7 Å². The monoisotopic (exact) mass is 524 g/mol. The Hall–Kier alpha value is -1.87. The molecular formula is C23H33IN4O2. The van der Waals surface area contributed by atoms with Gasteiger partial charge in [0.05, 0.1) is 19.8 Å². The number of nitrogens with one attached hydrogen (secondary N) is 2. The zero-order valence-corrected chi connectivity index (χ0v) is 20.4. The fourth-order valence-corrected chi connectivity index (χ4v) is 3.64. The molecule has 1 aromatic heterocycles. The van der Waals surface area contributed by atoms with Crippen LogP contribution in [0.1, 0.15) is 42.6 Å². The molecule has 0 spiro atoms. The first-order chi connectivity index (χ1) is 14.2. The van der Waals surface area contributed by atoms with Crippen molar-refractivity contribution >= 4 is 29.9 Å². The first-order valence-electron chi connectivity index (χ1n) is 10.4. The molecule has 1 aromatic carbocycles. The predicted octanol–water partition coefficient (Wildman–Crippen LogP) is 4.24. The zero-order valence-electron chi connectivity index (χ0n) is 18.1. The van der Waals surface area contributed by atoms with Gasteiger partial charge in [-0.2, -0.15) is 0 Å². The van der Waals surface area contributed by atoms with Gasteiger partial charge in [0.2, 0.25) is 5.88 Å². The molecule has 6 nitrogen and oxygen atoms in total. The van der Waals surface area contributed by atoms with Crippen LogP contribution in [0.15, 0.2) is 47.6 Å². The van der Waals surface area contributed by atoms with Gasteiger partial charge in [-0.3, -0.25) is 0 Å². The van der Waals surface area contributed by atoms with Crippen molar-refractivity contribution in [3.63, 3.8) is 0 Å². The molecule has 2 heterocycles. The second-order valence-electron chi connectivity index (χ2n) is 7.35. The third-order valence-electron chi connectivity index (χ3n) is 5.18. The number of hydrogen-bond donors (Lipinski definition) is 2. The maximum absolute atomic E-state index is 6.14. The van der Waals surface area contributed by atoms with Crippen molar-refractivity contribution in [3.8, 4) is 5.88 Å². The van der Waals surface area contributed by atoms with Gasteiger partial charge in [-0.05, 0) is 38.3 Å². The number of methoxy groups -OCH3 is 1. The van der Waals surface area contributed by atoms with E-state index in [0.717, 1.165) is 44.1 Å². The Morgan fingerprint density at radius 2 is 2.03 bits per heavy atom. The number of rotatable bonds is 7. The van der Waals surface area contributed by atoms with Crippen molar-refractivity contribution in [2.45, 2.75) is 39.3 Å². The topological polar surface area (TPSA) is 67.8 Å². The van der Waals surface area contributed by atoms with Crippen LogP contribution in [0.3, 0.4) is 0 Å². The summed E-state index contributed by atoms with van der Waals surface area (Å²) in [5.74, 6) is 1.82. The van der Waals surface area contributed by atoms with E-state index >= 15 is 0 Å². The van der Waals surface area contributed by atoms with E-state index in [1.165, 1.54) is 11.1 Å². The number of halogens is 1. The van der Waals surface area contributed by atoms with Gasteiger partial charge in [-0.1, -0.05) is 35.9 Å². The number of aryl methyl sites for hydroxylation is 1. The summed E-state index contributed by atoms with van der Waals surface area (Å²) >= 11 is 0. The Labute approximate surface area is 196 Å². The molecule has 0 saturated carbocycles. The predicted molar refractivity (Wildman–Crippen MR) is 132 cm³/mol. The number of hydrogen-bond acceptors (Lipinski definition) is 4. The van der Waals surface area contributed by atoms with Crippen LogP contribution in [-0.2, 0) is 11.3 Å². The first kappa shape index (κ1) is 24.4. The molecule has 30 heavy (non-hydrogen) atoms. The second kappa shape index (κ2) is 12.7. The molecule has 0 bridgehead atoms. The second-order valence-corrected chi connectivity index (χ2v) is 7.35. The van der Waals surface area contributed by atoms with Gasteiger partial charge in [0.25, 0.3) is 0 Å². The first-order valence-corrected chi connectivity index (χ1v) is 10.4. The van der Waals surface area contributed by atoms with E-state index in [-0.39, 0.29) is 30.1 Å². The van der Waals surface area contributed by atoms with Gasteiger partial charge in [0.15, 0.2) is 5.96 Å². The van der Waals surface area contributed by atoms with Crippen molar-refractivity contribution in [2.24, 2.45) is 10.9 Å². The van der Waals surface area contributed by atoms with Crippen LogP contribution >= 0.6 is 24.0 Å². The molecule has 2 N–H and O–H groups in total. The van der Waals surface area contributed by atoms with Crippen LogP contribution in [0.4, 0.5) is 0 Å². The molecule has 2 atom stereocenters. The molecule has 1 aliphatic rings. The molecule has 3 rings (SSSR count). The lowest BCUT2D eigenvalue weighted by Gasteiger charge is -2.32. The highest BCUT2D eigenvalue weighted by Gasteiger charge is 2.27. The molecule has 1 aliphatic heterocycles. The van der Waals surface area contributed by atoms with Gasteiger partial charge in [-0.25, -0.2) is 9.98 Å². The van der Waals surface area contributed by atoms with Crippen LogP contribution < -0.4 is 15.4 Å².